The Labute approximate surface area is 197 Å². The molecule has 0 saturated carbocycles. The Morgan fingerprint density at radius 3 is 2.46 bits per heavy atom. The first kappa shape index (κ1) is 24.4. The lowest BCUT2D eigenvalue weighted by atomic mass is 9.89. The van der Waals surface area contributed by atoms with E-state index in [0.29, 0.717) is 31.4 Å². The quantitative estimate of drug-likeness (QED) is 0.525. The highest BCUT2D eigenvalue weighted by Crippen LogP contribution is 2.31. The maximum atomic E-state index is 14.9. The van der Waals surface area contributed by atoms with Crippen LogP contribution in [0.25, 0.3) is 11.4 Å². The van der Waals surface area contributed by atoms with E-state index in [2.05, 4.69) is 25.3 Å². The number of halogens is 5. The van der Waals surface area contributed by atoms with Crippen molar-refractivity contribution in [1.29, 1.82) is 0 Å². The molecular weight excluding hydrogens is 471 g/mol. The van der Waals surface area contributed by atoms with E-state index in [4.69, 9.17) is 0 Å². The van der Waals surface area contributed by atoms with Crippen LogP contribution in [0.5, 0.6) is 0 Å². The monoisotopic (exact) mass is 492 g/mol. The van der Waals surface area contributed by atoms with Gasteiger partial charge in [0.15, 0.2) is 5.82 Å². The number of carbonyl (C=O) groups excluding carboxylic acids is 1. The van der Waals surface area contributed by atoms with Crippen LogP contribution < -0.4 is 5.32 Å². The number of likely N-dealkylation sites (tertiary alicyclic amines) is 1. The number of carbonyl (C=O) groups is 1. The Bertz CT molecular complexity index is 1190. The average molecular weight is 492 g/mol. The summed E-state index contributed by atoms with van der Waals surface area (Å²) < 4.78 is 67.2. The third-order valence-corrected chi connectivity index (χ3v) is 5.90. The zero-order chi connectivity index (χ0) is 25.2. The van der Waals surface area contributed by atoms with Crippen molar-refractivity contribution in [2.45, 2.75) is 32.0 Å². The number of aromatic nitrogens is 4. The molecule has 1 fully saturated rings. The lowest BCUT2D eigenvalue weighted by Gasteiger charge is -2.40. The van der Waals surface area contributed by atoms with Gasteiger partial charge in [-0.3, -0.25) is 4.79 Å². The minimum atomic E-state index is -4.56. The third kappa shape index (κ3) is 5.36. The molecule has 35 heavy (non-hydrogen) atoms. The number of amides is 1. The lowest BCUT2D eigenvalue weighted by molar-refractivity contribution is -0.138. The van der Waals surface area contributed by atoms with Gasteiger partial charge in [0.25, 0.3) is 5.91 Å². The van der Waals surface area contributed by atoms with Crippen molar-refractivity contribution in [2.75, 3.05) is 18.4 Å². The van der Waals surface area contributed by atoms with E-state index >= 15 is 0 Å². The van der Waals surface area contributed by atoms with Crippen LogP contribution in [0.3, 0.4) is 0 Å². The van der Waals surface area contributed by atoms with Gasteiger partial charge < -0.3 is 10.2 Å². The summed E-state index contributed by atoms with van der Waals surface area (Å²) in [5.74, 6) is -2.60. The smallest absolute Gasteiger partial charge is 0.352 e. The number of benzene rings is 1. The summed E-state index contributed by atoms with van der Waals surface area (Å²) in [6.07, 6.45) is 1.03. The van der Waals surface area contributed by atoms with Crippen LogP contribution in [0.2, 0.25) is 0 Å². The third-order valence-electron chi connectivity index (χ3n) is 5.90. The zero-order valence-corrected chi connectivity index (χ0v) is 18.6. The summed E-state index contributed by atoms with van der Waals surface area (Å²) >= 11 is 0. The Morgan fingerprint density at radius 1 is 1.11 bits per heavy atom. The summed E-state index contributed by atoms with van der Waals surface area (Å²) in [6, 6.07) is 2.74. The summed E-state index contributed by atoms with van der Waals surface area (Å²) in [7, 11) is 0. The summed E-state index contributed by atoms with van der Waals surface area (Å²) in [5.41, 5.74) is -1.39. The van der Waals surface area contributed by atoms with Gasteiger partial charge >= 0.3 is 6.18 Å². The van der Waals surface area contributed by atoms with Gasteiger partial charge in [0.05, 0.1) is 17.2 Å². The van der Waals surface area contributed by atoms with Gasteiger partial charge in [0.1, 0.15) is 11.6 Å². The van der Waals surface area contributed by atoms with Crippen LogP contribution >= 0.6 is 0 Å². The van der Waals surface area contributed by atoms with Gasteiger partial charge in [0.2, 0.25) is 5.95 Å². The molecule has 1 aliphatic rings. The van der Waals surface area contributed by atoms with Crippen LogP contribution in [0.1, 0.15) is 35.7 Å². The van der Waals surface area contributed by atoms with Crippen molar-refractivity contribution in [3.63, 3.8) is 0 Å². The predicted molar refractivity (Wildman–Crippen MR) is 116 cm³/mol. The molecule has 1 N–H and O–H groups in total. The van der Waals surface area contributed by atoms with Gasteiger partial charge in [-0.15, -0.1) is 0 Å². The van der Waals surface area contributed by atoms with Crippen molar-refractivity contribution >= 4 is 11.9 Å². The topological polar surface area (TPSA) is 83.9 Å². The fraction of sp³-hybridized carbons (Fsp3) is 0.348. The highest BCUT2D eigenvalue weighted by atomic mass is 19.4. The number of piperidine rings is 1. The molecule has 4 rings (SSSR count). The molecule has 1 aromatic carbocycles. The zero-order valence-electron chi connectivity index (χ0n) is 18.6. The summed E-state index contributed by atoms with van der Waals surface area (Å²) in [4.78, 5) is 30.5. The molecule has 1 saturated heterocycles. The predicted octanol–water partition coefficient (Wildman–Crippen LogP) is 4.58. The second-order valence-electron chi connectivity index (χ2n) is 8.24. The Balaban J connectivity index is 1.60. The van der Waals surface area contributed by atoms with E-state index in [-0.39, 0.29) is 35.4 Å². The molecule has 3 heterocycles. The fourth-order valence-electron chi connectivity index (χ4n) is 4.12. The molecule has 0 spiro atoms. The molecule has 0 radical (unpaired) electrons. The highest BCUT2D eigenvalue weighted by Gasteiger charge is 2.35. The van der Waals surface area contributed by atoms with Crippen molar-refractivity contribution in [3.8, 4) is 11.4 Å². The van der Waals surface area contributed by atoms with Gasteiger partial charge in [0, 0.05) is 49.5 Å². The van der Waals surface area contributed by atoms with Gasteiger partial charge in [-0.2, -0.15) is 13.2 Å². The van der Waals surface area contributed by atoms with Crippen molar-refractivity contribution in [1.82, 2.24) is 24.8 Å². The highest BCUT2D eigenvalue weighted by molar-refractivity contribution is 6.00. The molecule has 7 nitrogen and oxygen atoms in total. The SMILES string of the molecule is C[C@@H]1CCCN(C(=O)c2c(F)cc(F)cc2-c2ncccn2)[C@@H]1CNc1ncc(C(F)(F)F)cn1. The molecule has 1 amide bonds. The Hall–Kier alpha value is -3.70. The molecule has 12 heteroatoms. The maximum Gasteiger partial charge on any atom is 0.419 e. The molecule has 0 bridgehead atoms. The van der Waals surface area contributed by atoms with Crippen molar-refractivity contribution in [2.24, 2.45) is 5.92 Å². The van der Waals surface area contributed by atoms with E-state index in [9.17, 15) is 26.7 Å². The molecule has 0 aliphatic carbocycles. The Kier molecular flexibility index (Phi) is 6.90. The minimum Gasteiger partial charge on any atom is -0.352 e. The number of hydrogen-bond donors (Lipinski definition) is 1. The normalized spacial score (nSPS) is 18.4. The second kappa shape index (κ2) is 9.88. The van der Waals surface area contributed by atoms with Crippen LogP contribution in [-0.2, 0) is 6.18 Å². The molecule has 1 aliphatic heterocycles. The standard InChI is InChI=1S/C23H21F5N6O/c1-13-4-2-7-34(18(13)12-33-22-31-10-14(11-32-22)23(26,27)28)21(35)19-16(8-15(24)9-17(19)25)20-29-5-3-6-30-20/h3,5-6,8-11,13,18H,2,4,7,12H2,1H3,(H,31,32,33)/t13-,18-/m1/s1. The minimum absolute atomic E-state index is 0.00661. The summed E-state index contributed by atoms with van der Waals surface area (Å²) in [6.45, 7) is 2.36. The number of alkyl halides is 3. The Morgan fingerprint density at radius 2 is 1.80 bits per heavy atom. The van der Waals surface area contributed by atoms with E-state index in [1.54, 1.807) is 0 Å². The van der Waals surface area contributed by atoms with Gasteiger partial charge in [-0.25, -0.2) is 28.7 Å². The van der Waals surface area contributed by atoms with Crippen LogP contribution in [-0.4, -0.2) is 49.9 Å². The van der Waals surface area contributed by atoms with E-state index in [0.717, 1.165) is 12.5 Å². The molecule has 0 unspecified atom stereocenters. The van der Waals surface area contributed by atoms with Crippen LogP contribution in [0, 0.1) is 17.6 Å². The van der Waals surface area contributed by atoms with Gasteiger partial charge in [-0.1, -0.05) is 6.92 Å². The van der Waals surface area contributed by atoms with Crippen molar-refractivity contribution in [3.05, 3.63) is 65.7 Å². The van der Waals surface area contributed by atoms with E-state index in [1.165, 1.54) is 23.4 Å². The fourth-order valence-corrected chi connectivity index (χ4v) is 4.12. The van der Waals surface area contributed by atoms with E-state index < -0.39 is 35.3 Å². The first-order valence-corrected chi connectivity index (χ1v) is 10.9. The molecular formula is C23H21F5N6O. The number of nitrogens with one attached hydrogen (secondary N) is 1. The molecule has 184 valence electrons. The largest absolute Gasteiger partial charge is 0.419 e. The summed E-state index contributed by atoms with van der Waals surface area (Å²) in [5, 5.41) is 2.87. The number of nitrogens with zero attached hydrogens (tertiary/aromatic N) is 5. The molecule has 2 aromatic heterocycles. The number of anilines is 1. The number of rotatable bonds is 5. The van der Waals surface area contributed by atoms with Crippen LogP contribution in [0.15, 0.2) is 43.0 Å². The van der Waals surface area contributed by atoms with Crippen molar-refractivity contribution < 1.29 is 26.7 Å². The second-order valence-corrected chi connectivity index (χ2v) is 8.24. The van der Waals surface area contributed by atoms with Gasteiger partial charge in [-0.05, 0) is 30.9 Å². The molecule has 3 aromatic rings. The van der Waals surface area contributed by atoms with E-state index in [1.807, 2.05) is 6.92 Å². The first-order chi connectivity index (χ1) is 16.6. The maximum absolute atomic E-state index is 14.9. The number of hydrogen-bond acceptors (Lipinski definition) is 6. The lowest BCUT2D eigenvalue weighted by Crippen LogP contribution is -2.51. The molecule has 2 atom stereocenters. The average Bonchev–Trinajstić information content (AvgIpc) is 2.82. The van der Waals surface area contributed by atoms with Crippen LogP contribution in [0.4, 0.5) is 27.9 Å². The first-order valence-electron chi connectivity index (χ1n) is 10.9.